The van der Waals surface area contributed by atoms with Gasteiger partial charge in [0.05, 0.1) is 5.56 Å². The quantitative estimate of drug-likeness (QED) is 0.848. The van der Waals surface area contributed by atoms with Crippen LogP contribution in [0.1, 0.15) is 21.7 Å². The molecule has 1 N–H and O–H groups in total. The van der Waals surface area contributed by atoms with Crippen LogP contribution in [0.15, 0.2) is 36.4 Å². The molecule has 0 saturated carbocycles. The van der Waals surface area contributed by atoms with E-state index < -0.39 is 11.7 Å². The Balaban J connectivity index is 2.27. The van der Waals surface area contributed by atoms with Gasteiger partial charge in [0.15, 0.2) is 0 Å². The molecule has 0 atom stereocenters. The van der Waals surface area contributed by atoms with Crippen LogP contribution in [-0.2, 0) is 0 Å². The molecule has 17 heavy (non-hydrogen) atoms. The van der Waals surface area contributed by atoms with E-state index in [9.17, 15) is 9.18 Å². The summed E-state index contributed by atoms with van der Waals surface area (Å²) in [6.07, 6.45) is 0. The largest absolute Gasteiger partial charge is 0.273 e. The Morgan fingerprint density at radius 3 is 2.29 bits per heavy atom. The number of carbonyl (C=O) groups excluding carboxylic acids is 1. The molecular weight excluding hydrogens is 219 g/mol. The van der Waals surface area contributed by atoms with Crippen molar-refractivity contribution >= 4 is 5.91 Å². The van der Waals surface area contributed by atoms with Gasteiger partial charge in [0, 0.05) is 11.4 Å². The van der Waals surface area contributed by atoms with Gasteiger partial charge >= 0.3 is 0 Å². The van der Waals surface area contributed by atoms with Crippen LogP contribution < -0.4 is 5.43 Å². The zero-order valence-corrected chi connectivity index (χ0v) is 9.70. The van der Waals surface area contributed by atoms with E-state index in [1.807, 2.05) is 26.0 Å². The first-order chi connectivity index (χ1) is 8.09. The first kappa shape index (κ1) is 11.4. The van der Waals surface area contributed by atoms with Crippen molar-refractivity contribution in [3.05, 3.63) is 59.2 Å². The van der Waals surface area contributed by atoms with Gasteiger partial charge in [-0.15, -0.1) is 0 Å². The molecule has 3 nitrogen and oxygen atoms in total. The minimum atomic E-state index is -0.521. The highest BCUT2D eigenvalue weighted by molar-refractivity contribution is 6.00. The predicted octanol–water partition coefficient (Wildman–Crippen LogP) is 2.63. The summed E-state index contributed by atoms with van der Waals surface area (Å²) in [4.78, 5) is 11.9. The number of benzene rings is 1. The maximum absolute atomic E-state index is 13.4. The minimum Gasteiger partial charge on any atom is -0.267 e. The molecule has 1 aromatic heterocycles. The molecular formula is C13H13FN2O. The van der Waals surface area contributed by atoms with Gasteiger partial charge in [0.25, 0.3) is 5.91 Å². The Bertz CT molecular complexity index is 541. The predicted molar refractivity (Wildman–Crippen MR) is 64.0 cm³/mol. The number of nitrogens with one attached hydrogen (secondary N) is 1. The molecule has 1 aromatic carbocycles. The maximum atomic E-state index is 13.4. The van der Waals surface area contributed by atoms with Crippen molar-refractivity contribution in [2.75, 3.05) is 5.43 Å². The molecule has 1 heterocycles. The van der Waals surface area contributed by atoms with E-state index in [1.165, 1.54) is 12.1 Å². The van der Waals surface area contributed by atoms with Gasteiger partial charge in [-0.05, 0) is 38.1 Å². The second kappa shape index (κ2) is 4.41. The van der Waals surface area contributed by atoms with Gasteiger partial charge < -0.3 is 0 Å². The van der Waals surface area contributed by atoms with Gasteiger partial charge in [0.1, 0.15) is 5.82 Å². The van der Waals surface area contributed by atoms with E-state index in [1.54, 1.807) is 16.8 Å². The van der Waals surface area contributed by atoms with Gasteiger partial charge in [-0.25, -0.2) is 4.39 Å². The lowest BCUT2D eigenvalue weighted by Gasteiger charge is -2.11. The summed E-state index contributed by atoms with van der Waals surface area (Å²) in [5.74, 6) is -0.974. The first-order valence-electron chi connectivity index (χ1n) is 5.30. The number of hydrogen-bond donors (Lipinski definition) is 1. The molecule has 0 radical (unpaired) electrons. The van der Waals surface area contributed by atoms with Crippen LogP contribution in [0.4, 0.5) is 4.39 Å². The minimum absolute atomic E-state index is 0.0417. The summed E-state index contributed by atoms with van der Waals surface area (Å²) >= 11 is 0. The van der Waals surface area contributed by atoms with Gasteiger partial charge in [-0.1, -0.05) is 12.1 Å². The fraction of sp³-hybridized carbons (Fsp3) is 0.154. The summed E-state index contributed by atoms with van der Waals surface area (Å²) in [7, 11) is 0. The molecule has 0 aliphatic carbocycles. The molecule has 0 spiro atoms. The van der Waals surface area contributed by atoms with Gasteiger partial charge in [0.2, 0.25) is 0 Å². The molecule has 2 aromatic rings. The Morgan fingerprint density at radius 2 is 1.71 bits per heavy atom. The van der Waals surface area contributed by atoms with Crippen molar-refractivity contribution in [1.82, 2.24) is 4.68 Å². The van der Waals surface area contributed by atoms with E-state index >= 15 is 0 Å². The average Bonchev–Trinajstić information content (AvgIpc) is 2.61. The number of aryl methyl sites for hydroxylation is 2. The summed E-state index contributed by atoms with van der Waals surface area (Å²) in [5.41, 5.74) is 4.49. The molecule has 88 valence electrons. The summed E-state index contributed by atoms with van der Waals surface area (Å²) in [6, 6.07) is 9.68. The smallest absolute Gasteiger partial charge is 0.267 e. The number of amides is 1. The molecule has 0 unspecified atom stereocenters. The van der Waals surface area contributed by atoms with Crippen LogP contribution in [0.3, 0.4) is 0 Å². The van der Waals surface area contributed by atoms with E-state index in [-0.39, 0.29) is 5.56 Å². The van der Waals surface area contributed by atoms with E-state index in [0.717, 1.165) is 11.4 Å². The average molecular weight is 232 g/mol. The van der Waals surface area contributed by atoms with Crippen molar-refractivity contribution in [3.8, 4) is 0 Å². The van der Waals surface area contributed by atoms with Crippen molar-refractivity contribution in [1.29, 1.82) is 0 Å². The highest BCUT2D eigenvalue weighted by atomic mass is 19.1. The number of rotatable bonds is 2. The normalized spacial score (nSPS) is 10.3. The van der Waals surface area contributed by atoms with E-state index in [0.29, 0.717) is 0 Å². The van der Waals surface area contributed by atoms with E-state index in [2.05, 4.69) is 5.43 Å². The SMILES string of the molecule is Cc1ccc(C)n1NC(=O)c1ccccc1F. The number of carbonyl (C=O) groups is 1. The third kappa shape index (κ3) is 2.20. The van der Waals surface area contributed by atoms with Crippen LogP contribution in [0, 0.1) is 19.7 Å². The first-order valence-corrected chi connectivity index (χ1v) is 5.30. The van der Waals surface area contributed by atoms with Crippen LogP contribution >= 0.6 is 0 Å². The summed E-state index contributed by atoms with van der Waals surface area (Å²) < 4.78 is 15.0. The van der Waals surface area contributed by atoms with Gasteiger partial charge in [-0.2, -0.15) is 0 Å². The number of aromatic nitrogens is 1. The van der Waals surface area contributed by atoms with Crippen molar-refractivity contribution in [2.24, 2.45) is 0 Å². The molecule has 4 heteroatoms. The Labute approximate surface area is 98.8 Å². The highest BCUT2D eigenvalue weighted by Crippen LogP contribution is 2.09. The molecule has 0 aliphatic heterocycles. The second-order valence-corrected chi connectivity index (χ2v) is 3.87. The van der Waals surface area contributed by atoms with Crippen LogP contribution in [0.25, 0.3) is 0 Å². The topological polar surface area (TPSA) is 34.0 Å². The molecule has 2 rings (SSSR count). The monoisotopic (exact) mass is 232 g/mol. The van der Waals surface area contributed by atoms with Crippen LogP contribution in [0.2, 0.25) is 0 Å². The second-order valence-electron chi connectivity index (χ2n) is 3.87. The zero-order valence-electron chi connectivity index (χ0n) is 9.70. The van der Waals surface area contributed by atoms with E-state index in [4.69, 9.17) is 0 Å². The van der Waals surface area contributed by atoms with Gasteiger partial charge in [-0.3, -0.25) is 14.9 Å². The summed E-state index contributed by atoms with van der Waals surface area (Å²) in [5, 5.41) is 0. The number of halogens is 1. The lowest BCUT2D eigenvalue weighted by Crippen LogP contribution is -2.25. The molecule has 0 bridgehead atoms. The lowest BCUT2D eigenvalue weighted by atomic mass is 10.2. The summed E-state index contributed by atoms with van der Waals surface area (Å²) in [6.45, 7) is 3.74. The third-order valence-electron chi connectivity index (χ3n) is 2.60. The molecule has 1 amide bonds. The number of hydrogen-bond acceptors (Lipinski definition) is 1. The van der Waals surface area contributed by atoms with Crippen molar-refractivity contribution in [2.45, 2.75) is 13.8 Å². The molecule has 0 aliphatic rings. The fourth-order valence-corrected chi connectivity index (χ4v) is 1.65. The maximum Gasteiger partial charge on any atom is 0.273 e. The Morgan fingerprint density at radius 1 is 1.12 bits per heavy atom. The van der Waals surface area contributed by atoms with Crippen molar-refractivity contribution in [3.63, 3.8) is 0 Å². The standard InChI is InChI=1S/C13H13FN2O/c1-9-7-8-10(2)16(9)15-13(17)11-5-3-4-6-12(11)14/h3-8H,1-2H3,(H,15,17). The van der Waals surface area contributed by atoms with Crippen LogP contribution in [0.5, 0.6) is 0 Å². The molecule has 0 saturated heterocycles. The highest BCUT2D eigenvalue weighted by Gasteiger charge is 2.12. The van der Waals surface area contributed by atoms with Crippen molar-refractivity contribution < 1.29 is 9.18 Å². The Kier molecular flexibility index (Phi) is 2.95. The zero-order chi connectivity index (χ0) is 12.4. The molecule has 0 fully saturated rings. The van der Waals surface area contributed by atoms with Crippen LogP contribution in [-0.4, -0.2) is 10.6 Å². The number of nitrogens with zero attached hydrogens (tertiary/aromatic N) is 1. The Hall–Kier alpha value is -2.10. The third-order valence-corrected chi connectivity index (χ3v) is 2.60. The lowest BCUT2D eigenvalue weighted by molar-refractivity contribution is 0.100. The fourth-order valence-electron chi connectivity index (χ4n) is 1.65.